The van der Waals surface area contributed by atoms with Gasteiger partial charge in [-0.2, -0.15) is 0 Å². The lowest BCUT2D eigenvalue weighted by Gasteiger charge is -1.65. The monoisotopic (exact) mass is 77.0 g/mol. The van der Waals surface area contributed by atoms with E-state index in [1.165, 1.54) is 0 Å². The second-order valence-electron chi connectivity index (χ2n) is 0.447. The molecule has 1 nitrogen and oxygen atoms in total. The topological polar surface area (TPSA) is 26.0 Å². The molecule has 0 aliphatic heterocycles. The van der Waals surface area contributed by atoms with Gasteiger partial charge in [0.15, 0.2) is 0 Å². The van der Waals surface area contributed by atoms with Gasteiger partial charge in [0.1, 0.15) is 0 Å². The van der Waals surface area contributed by atoms with Crippen LogP contribution in [0.15, 0.2) is 11.7 Å². The summed E-state index contributed by atoms with van der Waals surface area (Å²) < 4.78 is 0. The van der Waals surface area contributed by atoms with Gasteiger partial charge in [0.05, 0.1) is 5.16 Å². The Labute approximate surface area is 30.1 Å². The molecule has 0 unspecified atom stereocenters. The van der Waals surface area contributed by atoms with Gasteiger partial charge in [-0.25, -0.2) is 0 Å². The normalized spacial score (nSPS) is 6.25. The van der Waals surface area contributed by atoms with Crippen molar-refractivity contribution in [2.45, 2.75) is 0 Å². The van der Waals surface area contributed by atoms with Crippen molar-refractivity contribution in [1.82, 2.24) is 0 Å². The van der Waals surface area contributed by atoms with E-state index in [9.17, 15) is 0 Å². The first-order chi connectivity index (χ1) is 1.73. The minimum atomic E-state index is 0.139. The average molecular weight is 77.5 g/mol. The zero-order chi connectivity index (χ0) is 3.58. The van der Waals surface area contributed by atoms with Gasteiger partial charge in [0, 0.05) is 0 Å². The molecule has 0 fully saturated rings. The van der Waals surface area contributed by atoms with E-state index in [0.717, 1.165) is 0 Å². The lowest BCUT2D eigenvalue weighted by molar-refractivity contribution is 1.57. The van der Waals surface area contributed by atoms with Crippen molar-refractivity contribution in [3.8, 4) is 0 Å². The van der Waals surface area contributed by atoms with Gasteiger partial charge in [-0.05, 0) is 0 Å². The van der Waals surface area contributed by atoms with Crippen molar-refractivity contribution < 1.29 is 0 Å². The van der Waals surface area contributed by atoms with E-state index in [-0.39, 0.29) is 5.16 Å². The van der Waals surface area contributed by atoms with Crippen molar-refractivity contribution in [2.75, 3.05) is 0 Å². The standard InChI is InChI=1S/C2H4ClN/c1-2(3)4/h1,4H2. The quantitative estimate of drug-likeness (QED) is 0.422. The fraction of sp³-hybridized carbons (Fsp3) is 0. The van der Waals surface area contributed by atoms with E-state index in [0.29, 0.717) is 0 Å². The fourth-order valence-electron chi connectivity index (χ4n) is 0. The summed E-state index contributed by atoms with van der Waals surface area (Å²) in [5.41, 5.74) is 4.68. The number of hydrogen-bond donors (Lipinski definition) is 1. The van der Waals surface area contributed by atoms with Crippen LogP contribution in [0.2, 0.25) is 0 Å². The number of halogens is 1. The zero-order valence-corrected chi connectivity index (χ0v) is 2.92. The fourth-order valence-corrected chi connectivity index (χ4v) is 0. The molecule has 0 saturated carbocycles. The van der Waals surface area contributed by atoms with Gasteiger partial charge in [-0.3, -0.25) is 0 Å². The van der Waals surface area contributed by atoms with Crippen LogP contribution in [-0.4, -0.2) is 0 Å². The van der Waals surface area contributed by atoms with Crippen LogP contribution in [0, 0.1) is 0 Å². The Bertz CT molecular complexity index is 29.0. The lowest BCUT2D eigenvalue weighted by Crippen LogP contribution is -1.79. The first-order valence-electron chi connectivity index (χ1n) is 0.831. The Hall–Kier alpha value is -0.170. The Morgan fingerprint density at radius 1 is 2.00 bits per heavy atom. The lowest BCUT2D eigenvalue weighted by atomic mass is 11.1. The second kappa shape index (κ2) is 1.18. The minimum absolute atomic E-state index is 0.139. The molecule has 0 heterocycles. The highest BCUT2D eigenvalue weighted by molar-refractivity contribution is 6.28. The maximum absolute atomic E-state index is 4.86. The van der Waals surface area contributed by atoms with Crippen molar-refractivity contribution in [1.29, 1.82) is 0 Å². The van der Waals surface area contributed by atoms with Crippen LogP contribution < -0.4 is 5.73 Å². The summed E-state index contributed by atoms with van der Waals surface area (Å²) in [6.07, 6.45) is 0. The first-order valence-corrected chi connectivity index (χ1v) is 1.21. The van der Waals surface area contributed by atoms with E-state index in [4.69, 9.17) is 11.6 Å². The molecule has 0 aromatic rings. The molecule has 2 heteroatoms. The summed E-state index contributed by atoms with van der Waals surface area (Å²) in [6, 6.07) is 0. The Balaban J connectivity index is 2.80. The Morgan fingerprint density at radius 2 is 2.00 bits per heavy atom. The average Bonchev–Trinajstić information content (AvgIpc) is 0.811. The highest BCUT2D eigenvalue weighted by Crippen LogP contribution is 1.76. The highest BCUT2D eigenvalue weighted by atomic mass is 35.5. The van der Waals surface area contributed by atoms with Gasteiger partial charge in [0.25, 0.3) is 0 Å². The van der Waals surface area contributed by atoms with Crippen LogP contribution >= 0.6 is 11.6 Å². The molecular formula is C2H4ClN. The van der Waals surface area contributed by atoms with E-state index in [2.05, 4.69) is 12.3 Å². The summed E-state index contributed by atoms with van der Waals surface area (Å²) >= 11 is 4.86. The van der Waals surface area contributed by atoms with Crippen molar-refractivity contribution >= 4 is 11.6 Å². The predicted octanol–water partition coefficient (Wildman–Crippen LogP) is 0.655. The molecule has 0 radical (unpaired) electrons. The van der Waals surface area contributed by atoms with Gasteiger partial charge in [0.2, 0.25) is 0 Å². The molecule has 0 rings (SSSR count). The molecule has 0 aromatic heterocycles. The summed E-state index contributed by atoms with van der Waals surface area (Å²) in [6.45, 7) is 3.10. The maximum atomic E-state index is 4.86. The van der Waals surface area contributed by atoms with Crippen LogP contribution in [0.3, 0.4) is 0 Å². The molecule has 24 valence electrons. The first kappa shape index (κ1) is 3.83. The zero-order valence-electron chi connectivity index (χ0n) is 2.16. The van der Waals surface area contributed by atoms with Crippen molar-refractivity contribution in [2.24, 2.45) is 5.73 Å². The van der Waals surface area contributed by atoms with E-state index >= 15 is 0 Å². The minimum Gasteiger partial charge on any atom is -0.390 e. The Kier molecular flexibility index (Phi) is 1.13. The van der Waals surface area contributed by atoms with Crippen LogP contribution in [0.4, 0.5) is 0 Å². The molecule has 0 amide bonds. The molecular weight excluding hydrogens is 73.5 g/mol. The SMILES string of the molecule is C=C(N)Cl. The molecule has 0 aromatic carbocycles. The largest absolute Gasteiger partial charge is 0.390 e. The highest BCUT2D eigenvalue weighted by Gasteiger charge is 1.54. The van der Waals surface area contributed by atoms with Crippen LogP contribution in [-0.2, 0) is 0 Å². The molecule has 2 N–H and O–H groups in total. The maximum Gasteiger partial charge on any atom is 0.0918 e. The van der Waals surface area contributed by atoms with Crippen molar-refractivity contribution in [3.05, 3.63) is 11.7 Å². The summed E-state index contributed by atoms with van der Waals surface area (Å²) in [5, 5.41) is 0.139. The Morgan fingerprint density at radius 3 is 2.00 bits per heavy atom. The molecule has 0 atom stereocenters. The second-order valence-corrected chi connectivity index (χ2v) is 0.932. The van der Waals surface area contributed by atoms with E-state index in [1.54, 1.807) is 0 Å². The van der Waals surface area contributed by atoms with Gasteiger partial charge in [-0.15, -0.1) is 0 Å². The van der Waals surface area contributed by atoms with E-state index < -0.39 is 0 Å². The van der Waals surface area contributed by atoms with Crippen LogP contribution in [0.5, 0.6) is 0 Å². The number of hydrogen-bond acceptors (Lipinski definition) is 1. The molecule has 0 saturated heterocycles. The van der Waals surface area contributed by atoms with Crippen molar-refractivity contribution in [3.63, 3.8) is 0 Å². The number of rotatable bonds is 0. The third-order valence-electron chi connectivity index (χ3n) is 0. The van der Waals surface area contributed by atoms with Gasteiger partial charge in [-0.1, -0.05) is 18.2 Å². The molecule has 0 spiro atoms. The van der Waals surface area contributed by atoms with E-state index in [1.807, 2.05) is 0 Å². The summed E-state index contributed by atoms with van der Waals surface area (Å²) in [7, 11) is 0. The molecule has 0 bridgehead atoms. The number of nitrogens with two attached hydrogens (primary N) is 1. The van der Waals surface area contributed by atoms with Crippen LogP contribution in [0.1, 0.15) is 0 Å². The molecule has 0 aliphatic rings. The van der Waals surface area contributed by atoms with Gasteiger partial charge >= 0.3 is 0 Å². The smallest absolute Gasteiger partial charge is 0.0918 e. The predicted molar refractivity (Wildman–Crippen MR) is 19.2 cm³/mol. The van der Waals surface area contributed by atoms with Crippen LogP contribution in [0.25, 0.3) is 0 Å². The molecule has 4 heavy (non-hydrogen) atoms. The summed E-state index contributed by atoms with van der Waals surface area (Å²) in [5.74, 6) is 0. The molecule has 0 aliphatic carbocycles. The third kappa shape index (κ3) is 43.6. The summed E-state index contributed by atoms with van der Waals surface area (Å²) in [4.78, 5) is 0. The van der Waals surface area contributed by atoms with Gasteiger partial charge < -0.3 is 5.73 Å². The third-order valence-corrected chi connectivity index (χ3v) is 0.